The zero-order chi connectivity index (χ0) is 23.5. The molecule has 1 aliphatic carbocycles. The second-order valence-electron chi connectivity index (χ2n) is 9.79. The minimum Gasteiger partial charge on any atom is -0.460 e. The van der Waals surface area contributed by atoms with Crippen LogP contribution < -0.4 is 9.80 Å². The first-order chi connectivity index (χ1) is 15.6. The summed E-state index contributed by atoms with van der Waals surface area (Å²) in [6.07, 6.45) is 1.96. The van der Waals surface area contributed by atoms with Gasteiger partial charge in [-0.15, -0.1) is 5.10 Å². The van der Waals surface area contributed by atoms with Gasteiger partial charge in [-0.1, -0.05) is 5.21 Å². The van der Waals surface area contributed by atoms with Crippen LogP contribution >= 0.6 is 0 Å². The lowest BCUT2D eigenvalue weighted by Gasteiger charge is -2.25. The number of aromatic nitrogens is 3. The third-order valence-electron chi connectivity index (χ3n) is 6.24. The molecule has 1 aromatic carbocycles. The number of piperidine rings is 1. The van der Waals surface area contributed by atoms with Gasteiger partial charge in [-0.2, -0.15) is 0 Å². The number of anilines is 2. The lowest BCUT2D eigenvalue weighted by molar-refractivity contribution is -0.157. The third kappa shape index (κ3) is 4.11. The van der Waals surface area contributed by atoms with Gasteiger partial charge in [0.1, 0.15) is 17.4 Å². The molecule has 1 unspecified atom stereocenters. The van der Waals surface area contributed by atoms with Crippen LogP contribution in [0.4, 0.5) is 25.0 Å². The van der Waals surface area contributed by atoms with Crippen LogP contribution in [0.3, 0.4) is 0 Å². The number of hydrogen-bond donors (Lipinski definition) is 0. The van der Waals surface area contributed by atoms with E-state index < -0.39 is 29.4 Å². The van der Waals surface area contributed by atoms with E-state index >= 15 is 0 Å². The fourth-order valence-electron chi connectivity index (χ4n) is 4.80. The Balaban J connectivity index is 1.25. The van der Waals surface area contributed by atoms with Crippen LogP contribution in [0.25, 0.3) is 0 Å². The lowest BCUT2D eigenvalue weighted by atomic mass is 10.1. The number of carbonyl (C=O) groups excluding carboxylic acids is 2. The highest BCUT2D eigenvalue weighted by molar-refractivity contribution is 5.90. The normalized spacial score (nSPS) is 26.4. The first-order valence-corrected chi connectivity index (χ1v) is 10.9. The SMILES string of the molecule is CC(C)(C)OC(=O)C1[C@H]2CN(c3c(F)cc(N4C[C@H](Cn5ccnn5)OC4=O)cc3F)C[C@@H]12. The highest BCUT2D eigenvalue weighted by atomic mass is 19.1. The molecule has 3 fully saturated rings. The van der Waals surface area contributed by atoms with Crippen molar-refractivity contribution >= 4 is 23.4 Å². The molecule has 9 nitrogen and oxygen atoms in total. The van der Waals surface area contributed by atoms with E-state index in [1.807, 2.05) is 20.8 Å². The number of rotatable bonds is 5. The Morgan fingerprint density at radius 2 is 1.85 bits per heavy atom. The van der Waals surface area contributed by atoms with Gasteiger partial charge in [0.25, 0.3) is 0 Å². The summed E-state index contributed by atoms with van der Waals surface area (Å²) in [7, 11) is 0. The van der Waals surface area contributed by atoms with E-state index in [0.717, 1.165) is 12.1 Å². The minimum absolute atomic E-state index is 0.0319. The molecule has 0 spiro atoms. The zero-order valence-corrected chi connectivity index (χ0v) is 18.6. The average molecular weight is 461 g/mol. The number of amides is 1. The molecule has 0 N–H and O–H groups in total. The standard InChI is InChI=1S/C22H25F2N5O4/c1-22(2,3)33-20(30)18-14-10-27(11-15(14)18)19-16(23)6-12(7-17(19)24)29-9-13(32-21(29)31)8-28-5-4-25-26-28/h4-7,13-15,18H,8-11H2,1-3H3/t13-,14-,15+,18?/m0/s1. The Labute approximate surface area is 189 Å². The third-order valence-corrected chi connectivity index (χ3v) is 6.24. The Morgan fingerprint density at radius 1 is 1.18 bits per heavy atom. The molecule has 1 aromatic heterocycles. The molecule has 176 valence electrons. The fourth-order valence-corrected chi connectivity index (χ4v) is 4.80. The number of nitrogens with zero attached hydrogens (tertiary/aromatic N) is 5. The van der Waals surface area contributed by atoms with E-state index in [4.69, 9.17) is 9.47 Å². The van der Waals surface area contributed by atoms with E-state index in [2.05, 4.69) is 10.3 Å². The number of fused-ring (bicyclic) bond motifs is 1. The predicted molar refractivity (Wildman–Crippen MR) is 113 cm³/mol. The number of hydrogen-bond acceptors (Lipinski definition) is 7. The van der Waals surface area contributed by atoms with Crippen molar-refractivity contribution in [3.63, 3.8) is 0 Å². The molecule has 2 aromatic rings. The van der Waals surface area contributed by atoms with Gasteiger partial charge < -0.3 is 14.4 Å². The van der Waals surface area contributed by atoms with Gasteiger partial charge in [-0.3, -0.25) is 9.69 Å². The quantitative estimate of drug-likeness (QED) is 0.633. The van der Waals surface area contributed by atoms with Crippen molar-refractivity contribution in [3.05, 3.63) is 36.2 Å². The molecule has 3 heterocycles. The average Bonchev–Trinajstić information content (AvgIpc) is 3.13. The maximum absolute atomic E-state index is 15.0. The molecule has 11 heteroatoms. The van der Waals surface area contributed by atoms with Crippen molar-refractivity contribution in [2.75, 3.05) is 29.4 Å². The van der Waals surface area contributed by atoms with Crippen LogP contribution in [0.5, 0.6) is 0 Å². The summed E-state index contributed by atoms with van der Waals surface area (Å²) >= 11 is 0. The van der Waals surface area contributed by atoms with Gasteiger partial charge in [0.2, 0.25) is 0 Å². The predicted octanol–water partition coefficient (Wildman–Crippen LogP) is 2.61. The van der Waals surface area contributed by atoms with Gasteiger partial charge in [0, 0.05) is 31.4 Å². The maximum Gasteiger partial charge on any atom is 0.414 e. The van der Waals surface area contributed by atoms with Crippen LogP contribution in [0, 0.1) is 29.4 Å². The molecular formula is C22H25F2N5O4. The van der Waals surface area contributed by atoms with Crippen molar-refractivity contribution in [1.29, 1.82) is 0 Å². The molecule has 33 heavy (non-hydrogen) atoms. The van der Waals surface area contributed by atoms with Crippen molar-refractivity contribution in [1.82, 2.24) is 15.0 Å². The second kappa shape index (κ2) is 7.67. The van der Waals surface area contributed by atoms with E-state index in [-0.39, 0.29) is 41.6 Å². The molecule has 0 bridgehead atoms. The fraction of sp³-hybridized carbons (Fsp3) is 0.545. The molecule has 1 amide bonds. The number of benzene rings is 1. The van der Waals surface area contributed by atoms with Gasteiger partial charge >= 0.3 is 12.1 Å². The van der Waals surface area contributed by atoms with Crippen molar-refractivity contribution < 1.29 is 27.8 Å². The van der Waals surface area contributed by atoms with E-state index in [1.165, 1.54) is 15.8 Å². The summed E-state index contributed by atoms with van der Waals surface area (Å²) in [4.78, 5) is 27.4. The van der Waals surface area contributed by atoms with Crippen LogP contribution in [0.2, 0.25) is 0 Å². The molecule has 2 saturated heterocycles. The summed E-state index contributed by atoms with van der Waals surface area (Å²) in [6.45, 7) is 6.64. The Bertz CT molecular complexity index is 1050. The van der Waals surface area contributed by atoms with E-state index in [1.54, 1.807) is 11.1 Å². The number of carbonyl (C=O) groups is 2. The summed E-state index contributed by atoms with van der Waals surface area (Å²) in [6, 6.07) is 2.29. The topological polar surface area (TPSA) is 89.8 Å². The first kappa shape index (κ1) is 21.6. The molecule has 3 aliphatic rings. The van der Waals surface area contributed by atoms with Gasteiger partial charge in [-0.05, 0) is 32.6 Å². The summed E-state index contributed by atoms with van der Waals surface area (Å²) in [5, 5.41) is 7.53. The summed E-state index contributed by atoms with van der Waals surface area (Å²) < 4.78 is 42.3. The highest BCUT2D eigenvalue weighted by Crippen LogP contribution is 2.54. The molecule has 5 rings (SSSR count). The van der Waals surface area contributed by atoms with E-state index in [9.17, 15) is 18.4 Å². The van der Waals surface area contributed by atoms with Crippen molar-refractivity contribution in [2.45, 2.75) is 39.0 Å². The van der Waals surface area contributed by atoms with Crippen LogP contribution in [0.1, 0.15) is 20.8 Å². The number of cyclic esters (lactones) is 1. The Hall–Kier alpha value is -3.24. The Morgan fingerprint density at radius 3 is 2.42 bits per heavy atom. The summed E-state index contributed by atoms with van der Waals surface area (Å²) in [5.74, 6) is -1.91. The molecule has 2 aliphatic heterocycles. The van der Waals surface area contributed by atoms with Gasteiger partial charge in [0.05, 0.1) is 30.9 Å². The van der Waals surface area contributed by atoms with Gasteiger partial charge in [0.15, 0.2) is 11.6 Å². The van der Waals surface area contributed by atoms with E-state index in [0.29, 0.717) is 19.6 Å². The van der Waals surface area contributed by atoms with Crippen LogP contribution in [-0.4, -0.2) is 58.4 Å². The molecule has 4 atom stereocenters. The molecular weight excluding hydrogens is 436 g/mol. The van der Waals surface area contributed by atoms with Crippen molar-refractivity contribution in [2.24, 2.45) is 17.8 Å². The Kier molecular flexibility index (Phi) is 5.02. The number of esters is 1. The summed E-state index contributed by atoms with van der Waals surface area (Å²) in [5.41, 5.74) is -0.608. The lowest BCUT2D eigenvalue weighted by Crippen LogP contribution is -2.31. The largest absolute Gasteiger partial charge is 0.460 e. The monoisotopic (exact) mass is 461 g/mol. The first-order valence-electron chi connectivity index (χ1n) is 10.9. The van der Waals surface area contributed by atoms with Crippen LogP contribution in [0.15, 0.2) is 24.5 Å². The maximum atomic E-state index is 15.0. The highest BCUT2D eigenvalue weighted by Gasteiger charge is 2.61. The minimum atomic E-state index is -0.757. The smallest absolute Gasteiger partial charge is 0.414 e. The molecule has 0 radical (unpaired) electrons. The van der Waals surface area contributed by atoms with Crippen molar-refractivity contribution in [3.8, 4) is 0 Å². The molecule has 1 saturated carbocycles. The van der Waals surface area contributed by atoms with Gasteiger partial charge in [-0.25, -0.2) is 18.3 Å². The number of halogens is 2. The number of ether oxygens (including phenoxy) is 2. The zero-order valence-electron chi connectivity index (χ0n) is 18.6. The second-order valence-corrected chi connectivity index (χ2v) is 9.79. The van der Waals surface area contributed by atoms with Crippen LogP contribution in [-0.2, 0) is 20.8 Å².